The lowest BCUT2D eigenvalue weighted by Crippen LogP contribution is -2.15. The Morgan fingerprint density at radius 2 is 2.53 bits per heavy atom. The van der Waals surface area contributed by atoms with Crippen LogP contribution in [0.2, 0.25) is 0 Å². The van der Waals surface area contributed by atoms with Crippen LogP contribution in [0.1, 0.15) is 6.42 Å². The van der Waals surface area contributed by atoms with Crippen LogP contribution in [-0.4, -0.2) is 21.4 Å². The molecule has 1 saturated carbocycles. The van der Waals surface area contributed by atoms with Crippen molar-refractivity contribution in [2.45, 2.75) is 12.5 Å². The van der Waals surface area contributed by atoms with Crippen molar-refractivity contribution in [3.63, 3.8) is 0 Å². The number of hydrogen-bond donors (Lipinski definition) is 0. The summed E-state index contributed by atoms with van der Waals surface area (Å²) >= 11 is 1.34. The van der Waals surface area contributed by atoms with E-state index in [1.54, 1.807) is 17.8 Å². The third-order valence-electron chi connectivity index (χ3n) is 2.31. The molecular weight excluding hydrogens is 218 g/mol. The van der Waals surface area contributed by atoms with Crippen LogP contribution >= 0.6 is 11.3 Å². The zero-order valence-corrected chi connectivity index (χ0v) is 8.81. The van der Waals surface area contributed by atoms with Gasteiger partial charge in [-0.3, -0.25) is 14.9 Å². The fourth-order valence-electron chi connectivity index (χ4n) is 1.29. The number of aryl methyl sites for hydroxylation is 1. The Balaban J connectivity index is 2.13. The van der Waals surface area contributed by atoms with Gasteiger partial charge in [-0.25, -0.2) is 0 Å². The molecule has 0 radical (unpaired) electrons. The third kappa shape index (κ3) is 1.96. The molecule has 80 valence electrons. The highest BCUT2D eigenvalue weighted by Crippen LogP contribution is 2.33. The molecule has 0 N–H and O–H groups in total. The predicted octanol–water partition coefficient (Wildman–Crippen LogP) is 0.179. The normalized spacial score (nSPS) is 25.3. The van der Waals surface area contributed by atoms with Gasteiger partial charge < -0.3 is 4.57 Å². The molecule has 2 atom stereocenters. The van der Waals surface area contributed by atoms with Gasteiger partial charge in [-0.15, -0.1) is 11.3 Å². The zero-order chi connectivity index (χ0) is 11.0. The van der Waals surface area contributed by atoms with E-state index in [2.05, 4.69) is 4.99 Å². The second-order valence-electron chi connectivity index (χ2n) is 3.44. The maximum atomic E-state index is 11.5. The molecule has 0 spiro atoms. The summed E-state index contributed by atoms with van der Waals surface area (Å²) in [5.74, 6) is -0.892. The molecule has 15 heavy (non-hydrogen) atoms. The van der Waals surface area contributed by atoms with Crippen molar-refractivity contribution in [1.82, 2.24) is 4.57 Å². The first kappa shape index (κ1) is 10.0. The van der Waals surface area contributed by atoms with Gasteiger partial charge >= 0.3 is 0 Å². The third-order valence-corrected chi connectivity index (χ3v) is 3.16. The van der Waals surface area contributed by atoms with Crippen molar-refractivity contribution in [2.24, 2.45) is 18.0 Å². The number of nitro groups is 1. The number of carbonyl (C=O) groups is 1. The SMILES string of the molecule is Cn1ccsc1=NC(=O)[C@H]1C[C@H]1[N+](=O)[O-]. The van der Waals surface area contributed by atoms with Crippen molar-refractivity contribution >= 4 is 17.2 Å². The molecule has 1 fully saturated rings. The summed E-state index contributed by atoms with van der Waals surface area (Å²) in [5.41, 5.74) is 0. The zero-order valence-electron chi connectivity index (χ0n) is 7.99. The molecule has 1 amide bonds. The second-order valence-corrected chi connectivity index (χ2v) is 4.31. The van der Waals surface area contributed by atoms with E-state index >= 15 is 0 Å². The van der Waals surface area contributed by atoms with Gasteiger partial charge in [0, 0.05) is 30.0 Å². The molecule has 2 rings (SSSR count). The van der Waals surface area contributed by atoms with E-state index in [0.717, 1.165) is 0 Å². The number of thiazole rings is 1. The van der Waals surface area contributed by atoms with Gasteiger partial charge in [-0.1, -0.05) is 0 Å². The minimum absolute atomic E-state index is 0.324. The Hall–Kier alpha value is -1.50. The minimum atomic E-state index is -0.716. The van der Waals surface area contributed by atoms with E-state index < -0.39 is 16.9 Å². The van der Waals surface area contributed by atoms with Crippen LogP contribution < -0.4 is 4.80 Å². The van der Waals surface area contributed by atoms with E-state index in [-0.39, 0.29) is 5.91 Å². The van der Waals surface area contributed by atoms with Gasteiger partial charge in [0.25, 0.3) is 5.91 Å². The van der Waals surface area contributed by atoms with Crippen LogP contribution in [0, 0.1) is 16.0 Å². The molecule has 1 aromatic rings. The summed E-state index contributed by atoms with van der Waals surface area (Å²) in [6, 6.07) is -0.716. The Bertz CT molecular complexity index is 475. The highest BCUT2D eigenvalue weighted by Gasteiger charge is 2.53. The molecule has 0 bridgehead atoms. The summed E-state index contributed by atoms with van der Waals surface area (Å²) in [5, 5.41) is 12.2. The van der Waals surface area contributed by atoms with E-state index in [4.69, 9.17) is 0 Å². The Morgan fingerprint density at radius 3 is 3.00 bits per heavy atom. The largest absolute Gasteiger partial charge is 0.327 e. The fourth-order valence-corrected chi connectivity index (χ4v) is 2.03. The lowest BCUT2D eigenvalue weighted by atomic mass is 10.4. The first-order valence-corrected chi connectivity index (χ1v) is 5.30. The summed E-state index contributed by atoms with van der Waals surface area (Å²) < 4.78 is 1.71. The highest BCUT2D eigenvalue weighted by atomic mass is 32.1. The maximum Gasteiger partial charge on any atom is 0.258 e. The minimum Gasteiger partial charge on any atom is -0.327 e. The van der Waals surface area contributed by atoms with Crippen molar-refractivity contribution < 1.29 is 9.72 Å². The molecule has 0 unspecified atom stereocenters. The van der Waals surface area contributed by atoms with Crippen LogP contribution in [0.5, 0.6) is 0 Å². The standard InChI is InChI=1S/C8H9N3O3S/c1-10-2-3-15-8(10)9-7(12)5-4-6(5)11(13)14/h2-3,5-6H,4H2,1H3/t5-,6+/m0/s1. The topological polar surface area (TPSA) is 77.5 Å². The first-order valence-electron chi connectivity index (χ1n) is 4.42. The summed E-state index contributed by atoms with van der Waals surface area (Å²) in [7, 11) is 1.78. The monoisotopic (exact) mass is 227 g/mol. The summed E-state index contributed by atoms with van der Waals surface area (Å²) in [4.78, 5) is 25.8. The first-order chi connectivity index (χ1) is 7.09. The van der Waals surface area contributed by atoms with Crippen molar-refractivity contribution in [3.05, 3.63) is 26.5 Å². The molecule has 1 aromatic heterocycles. The van der Waals surface area contributed by atoms with E-state index in [1.165, 1.54) is 11.3 Å². The highest BCUT2D eigenvalue weighted by molar-refractivity contribution is 7.07. The van der Waals surface area contributed by atoms with Crippen LogP contribution in [0.25, 0.3) is 0 Å². The van der Waals surface area contributed by atoms with E-state index in [1.807, 2.05) is 5.38 Å². The van der Waals surface area contributed by atoms with Gasteiger partial charge in [0.05, 0.1) is 0 Å². The Morgan fingerprint density at radius 1 is 1.80 bits per heavy atom. The Kier molecular flexibility index (Phi) is 2.39. The molecule has 0 aromatic carbocycles. The van der Waals surface area contributed by atoms with Crippen LogP contribution in [-0.2, 0) is 11.8 Å². The van der Waals surface area contributed by atoms with Gasteiger partial charge in [0.1, 0.15) is 5.92 Å². The van der Waals surface area contributed by atoms with Crippen LogP contribution in [0.15, 0.2) is 16.6 Å². The molecule has 0 aliphatic heterocycles. The number of hydrogen-bond acceptors (Lipinski definition) is 4. The maximum absolute atomic E-state index is 11.5. The van der Waals surface area contributed by atoms with Crippen molar-refractivity contribution in [3.8, 4) is 0 Å². The predicted molar refractivity (Wildman–Crippen MR) is 52.7 cm³/mol. The number of aromatic nitrogens is 1. The lowest BCUT2D eigenvalue weighted by molar-refractivity contribution is -0.497. The van der Waals surface area contributed by atoms with E-state index in [0.29, 0.717) is 11.2 Å². The number of amides is 1. The lowest BCUT2D eigenvalue weighted by Gasteiger charge is -1.90. The summed E-state index contributed by atoms with van der Waals surface area (Å²) in [6.07, 6.45) is 2.11. The van der Waals surface area contributed by atoms with E-state index in [9.17, 15) is 14.9 Å². The average molecular weight is 227 g/mol. The van der Waals surface area contributed by atoms with Gasteiger partial charge in [0.2, 0.25) is 6.04 Å². The molecule has 7 heteroatoms. The molecule has 1 heterocycles. The quantitative estimate of drug-likeness (QED) is 0.534. The van der Waals surface area contributed by atoms with Crippen molar-refractivity contribution in [2.75, 3.05) is 0 Å². The fraction of sp³-hybridized carbons (Fsp3) is 0.500. The average Bonchev–Trinajstić information content (AvgIpc) is 2.88. The molecular formula is C8H9N3O3S. The number of carbonyl (C=O) groups excluding carboxylic acids is 1. The number of rotatable bonds is 2. The van der Waals surface area contributed by atoms with Gasteiger partial charge in [0.15, 0.2) is 4.80 Å². The van der Waals surface area contributed by atoms with Crippen LogP contribution in [0.3, 0.4) is 0 Å². The number of nitrogens with zero attached hydrogens (tertiary/aromatic N) is 3. The molecule has 0 saturated heterocycles. The smallest absolute Gasteiger partial charge is 0.258 e. The second kappa shape index (κ2) is 3.58. The summed E-state index contributed by atoms with van der Waals surface area (Å²) in [6.45, 7) is 0. The van der Waals surface area contributed by atoms with Crippen LogP contribution in [0.4, 0.5) is 0 Å². The van der Waals surface area contributed by atoms with Gasteiger partial charge in [-0.05, 0) is 0 Å². The Labute approximate surface area is 89.0 Å². The molecule has 1 aliphatic rings. The molecule has 1 aliphatic carbocycles. The van der Waals surface area contributed by atoms with Gasteiger partial charge in [-0.2, -0.15) is 4.99 Å². The molecule has 6 nitrogen and oxygen atoms in total. The van der Waals surface area contributed by atoms with Crippen molar-refractivity contribution in [1.29, 1.82) is 0 Å².